The van der Waals surface area contributed by atoms with Crippen LogP contribution in [-0.4, -0.2) is 12.2 Å². The summed E-state index contributed by atoms with van der Waals surface area (Å²) >= 11 is 0. The first kappa shape index (κ1) is 8.70. The Morgan fingerprint density at radius 3 is 2.44 bits per heavy atom. The van der Waals surface area contributed by atoms with E-state index in [1.165, 1.54) is 0 Å². The SMILES string of the molecule is C=CCC(C)(C)OCC. The summed E-state index contributed by atoms with van der Waals surface area (Å²) in [6.07, 6.45) is 2.80. The Morgan fingerprint density at radius 1 is 1.56 bits per heavy atom. The Hall–Kier alpha value is -0.300. The van der Waals surface area contributed by atoms with Crippen molar-refractivity contribution in [2.24, 2.45) is 0 Å². The van der Waals surface area contributed by atoms with Gasteiger partial charge in [0.15, 0.2) is 0 Å². The molecule has 0 aromatic heterocycles. The zero-order chi connectivity index (χ0) is 7.33. The predicted octanol–water partition coefficient (Wildman–Crippen LogP) is 2.38. The van der Waals surface area contributed by atoms with E-state index in [-0.39, 0.29) is 5.60 Å². The van der Waals surface area contributed by atoms with Crippen LogP contribution in [0.2, 0.25) is 0 Å². The van der Waals surface area contributed by atoms with E-state index < -0.39 is 0 Å². The van der Waals surface area contributed by atoms with Gasteiger partial charge in [0, 0.05) is 6.61 Å². The Kier molecular flexibility index (Phi) is 3.55. The Bertz CT molecular complexity index is 84.6. The van der Waals surface area contributed by atoms with Crippen molar-refractivity contribution < 1.29 is 4.74 Å². The largest absolute Gasteiger partial charge is 0.376 e. The maximum atomic E-state index is 5.40. The van der Waals surface area contributed by atoms with E-state index in [4.69, 9.17) is 4.74 Å². The predicted molar refractivity (Wildman–Crippen MR) is 40.5 cm³/mol. The number of hydrogen-bond acceptors (Lipinski definition) is 1. The lowest BCUT2D eigenvalue weighted by Crippen LogP contribution is -2.22. The Morgan fingerprint density at radius 2 is 2.11 bits per heavy atom. The molecular weight excluding hydrogens is 112 g/mol. The van der Waals surface area contributed by atoms with Crippen LogP contribution in [0.25, 0.3) is 0 Å². The minimum absolute atomic E-state index is 0.0174. The lowest BCUT2D eigenvalue weighted by molar-refractivity contribution is -0.00726. The van der Waals surface area contributed by atoms with Gasteiger partial charge >= 0.3 is 0 Å². The summed E-state index contributed by atoms with van der Waals surface area (Å²) in [5, 5.41) is 0. The molecule has 0 atom stereocenters. The summed E-state index contributed by atoms with van der Waals surface area (Å²) in [7, 11) is 0. The van der Waals surface area contributed by atoms with Gasteiger partial charge in [0.25, 0.3) is 0 Å². The van der Waals surface area contributed by atoms with Crippen LogP contribution in [-0.2, 0) is 4.74 Å². The van der Waals surface area contributed by atoms with Crippen molar-refractivity contribution in [1.82, 2.24) is 0 Å². The molecule has 0 unspecified atom stereocenters. The van der Waals surface area contributed by atoms with Gasteiger partial charge in [0.05, 0.1) is 5.60 Å². The average molecular weight is 128 g/mol. The van der Waals surface area contributed by atoms with Gasteiger partial charge in [0.1, 0.15) is 0 Å². The molecule has 0 saturated heterocycles. The summed E-state index contributed by atoms with van der Waals surface area (Å²) < 4.78 is 5.40. The molecule has 0 aliphatic carbocycles. The van der Waals surface area contributed by atoms with Crippen LogP contribution >= 0.6 is 0 Å². The molecule has 0 radical (unpaired) electrons. The summed E-state index contributed by atoms with van der Waals surface area (Å²) in [6, 6.07) is 0. The lowest BCUT2D eigenvalue weighted by Gasteiger charge is -2.22. The van der Waals surface area contributed by atoms with Crippen molar-refractivity contribution in [2.45, 2.75) is 32.8 Å². The summed E-state index contributed by atoms with van der Waals surface area (Å²) in [4.78, 5) is 0. The van der Waals surface area contributed by atoms with Gasteiger partial charge in [-0.25, -0.2) is 0 Å². The molecule has 0 N–H and O–H groups in total. The van der Waals surface area contributed by atoms with Crippen LogP contribution in [0.3, 0.4) is 0 Å². The molecule has 0 aromatic rings. The fourth-order valence-electron chi connectivity index (χ4n) is 0.797. The first-order valence-electron chi connectivity index (χ1n) is 3.37. The molecule has 1 heteroatoms. The summed E-state index contributed by atoms with van der Waals surface area (Å²) in [5.74, 6) is 0. The third-order valence-electron chi connectivity index (χ3n) is 1.17. The monoisotopic (exact) mass is 128 g/mol. The fraction of sp³-hybridized carbons (Fsp3) is 0.750. The highest BCUT2D eigenvalue weighted by Gasteiger charge is 2.13. The van der Waals surface area contributed by atoms with Crippen molar-refractivity contribution in [3.63, 3.8) is 0 Å². The van der Waals surface area contributed by atoms with E-state index in [1.54, 1.807) is 0 Å². The second kappa shape index (κ2) is 3.67. The fourth-order valence-corrected chi connectivity index (χ4v) is 0.797. The minimum atomic E-state index is -0.0174. The zero-order valence-electron chi connectivity index (χ0n) is 6.61. The van der Waals surface area contributed by atoms with Crippen LogP contribution in [0, 0.1) is 0 Å². The highest BCUT2D eigenvalue weighted by molar-refractivity contribution is 4.79. The molecule has 0 fully saturated rings. The van der Waals surface area contributed by atoms with Crippen LogP contribution in [0.15, 0.2) is 12.7 Å². The average Bonchev–Trinajstić information content (AvgIpc) is 1.64. The van der Waals surface area contributed by atoms with Gasteiger partial charge in [-0.05, 0) is 27.2 Å². The smallest absolute Gasteiger partial charge is 0.0660 e. The van der Waals surface area contributed by atoms with Gasteiger partial charge in [0.2, 0.25) is 0 Å². The lowest BCUT2D eigenvalue weighted by atomic mass is 10.1. The molecule has 0 rings (SSSR count). The van der Waals surface area contributed by atoms with E-state index in [0.29, 0.717) is 0 Å². The molecule has 0 aliphatic heterocycles. The van der Waals surface area contributed by atoms with Gasteiger partial charge in [-0.2, -0.15) is 0 Å². The van der Waals surface area contributed by atoms with E-state index in [9.17, 15) is 0 Å². The van der Waals surface area contributed by atoms with Crippen LogP contribution in [0.4, 0.5) is 0 Å². The maximum absolute atomic E-state index is 5.40. The summed E-state index contributed by atoms with van der Waals surface area (Å²) in [5.41, 5.74) is -0.0174. The number of hydrogen-bond donors (Lipinski definition) is 0. The highest BCUT2D eigenvalue weighted by Crippen LogP contribution is 2.13. The molecule has 9 heavy (non-hydrogen) atoms. The first-order chi connectivity index (χ1) is 4.12. The number of rotatable bonds is 4. The summed E-state index contributed by atoms with van der Waals surface area (Å²) in [6.45, 7) is 10.6. The molecule has 0 amide bonds. The molecule has 0 heterocycles. The second-order valence-electron chi connectivity index (χ2n) is 2.69. The minimum Gasteiger partial charge on any atom is -0.376 e. The van der Waals surface area contributed by atoms with Crippen molar-refractivity contribution in [2.75, 3.05) is 6.61 Å². The molecule has 1 nitrogen and oxygen atoms in total. The van der Waals surface area contributed by atoms with Crippen molar-refractivity contribution in [3.05, 3.63) is 12.7 Å². The van der Waals surface area contributed by atoms with Gasteiger partial charge in [-0.1, -0.05) is 6.08 Å². The molecule has 0 aliphatic rings. The number of ether oxygens (including phenoxy) is 1. The molecule has 54 valence electrons. The molecule has 0 spiro atoms. The quantitative estimate of drug-likeness (QED) is 0.528. The zero-order valence-corrected chi connectivity index (χ0v) is 6.61. The van der Waals surface area contributed by atoms with E-state index in [0.717, 1.165) is 13.0 Å². The van der Waals surface area contributed by atoms with Crippen molar-refractivity contribution in [3.8, 4) is 0 Å². The Labute approximate surface area is 57.7 Å². The van der Waals surface area contributed by atoms with Crippen LogP contribution < -0.4 is 0 Å². The topological polar surface area (TPSA) is 9.23 Å². The standard InChI is InChI=1S/C8H16O/c1-5-7-8(3,4)9-6-2/h5H,1,6-7H2,2-4H3. The third kappa shape index (κ3) is 4.22. The molecule has 0 aromatic carbocycles. The first-order valence-corrected chi connectivity index (χ1v) is 3.37. The second-order valence-corrected chi connectivity index (χ2v) is 2.69. The van der Waals surface area contributed by atoms with Crippen LogP contribution in [0.5, 0.6) is 0 Å². The normalized spacial score (nSPS) is 11.4. The van der Waals surface area contributed by atoms with E-state index in [2.05, 4.69) is 20.4 Å². The maximum Gasteiger partial charge on any atom is 0.0660 e. The van der Waals surface area contributed by atoms with E-state index >= 15 is 0 Å². The molecular formula is C8H16O. The molecule has 0 bridgehead atoms. The third-order valence-corrected chi connectivity index (χ3v) is 1.17. The van der Waals surface area contributed by atoms with Gasteiger partial charge in [-0.15, -0.1) is 6.58 Å². The molecule has 0 saturated carbocycles. The van der Waals surface area contributed by atoms with E-state index in [1.807, 2.05) is 13.0 Å². The van der Waals surface area contributed by atoms with Crippen molar-refractivity contribution in [1.29, 1.82) is 0 Å². The van der Waals surface area contributed by atoms with Gasteiger partial charge in [-0.3, -0.25) is 0 Å². The van der Waals surface area contributed by atoms with Gasteiger partial charge < -0.3 is 4.74 Å². The Balaban J connectivity index is 3.55. The highest BCUT2D eigenvalue weighted by atomic mass is 16.5. The van der Waals surface area contributed by atoms with Crippen LogP contribution in [0.1, 0.15) is 27.2 Å². The van der Waals surface area contributed by atoms with Crippen molar-refractivity contribution >= 4 is 0 Å².